The van der Waals surface area contributed by atoms with Gasteiger partial charge < -0.3 is 20.8 Å². The highest BCUT2D eigenvalue weighted by atomic mass is 127. The predicted octanol–water partition coefficient (Wildman–Crippen LogP) is 3.61. The summed E-state index contributed by atoms with van der Waals surface area (Å²) < 4.78 is 62.1. The number of ether oxygens (including phenoxy) is 1. The molecule has 1 fully saturated rings. The first-order chi connectivity index (χ1) is 16.6. The fraction of sp³-hybridized carbons (Fsp3) is 0.273. The molecular formula is C22H22F2IN5O4S. The zero-order chi connectivity index (χ0) is 25.2. The van der Waals surface area contributed by atoms with Gasteiger partial charge in [0.1, 0.15) is 22.9 Å². The molecule has 1 aromatic heterocycles. The lowest BCUT2D eigenvalue weighted by molar-refractivity contribution is 0.0995. The van der Waals surface area contributed by atoms with E-state index in [4.69, 9.17) is 10.5 Å². The third-order valence-corrected chi connectivity index (χ3v) is 8.02. The molecule has 0 bridgehead atoms. The van der Waals surface area contributed by atoms with Crippen molar-refractivity contribution in [3.63, 3.8) is 0 Å². The minimum Gasteiger partial charge on any atom is -0.492 e. The zero-order valence-corrected chi connectivity index (χ0v) is 21.3. The van der Waals surface area contributed by atoms with Gasteiger partial charge in [0.2, 0.25) is 0 Å². The summed E-state index contributed by atoms with van der Waals surface area (Å²) in [6, 6.07) is 6.46. The van der Waals surface area contributed by atoms with Gasteiger partial charge in [-0.25, -0.2) is 22.2 Å². The standard InChI is InChI=1S/C22H22F2IN5O4S/c23-14-6-18(29-17-4-3-15(25)8-16(17)24)21(22(26)31)19(7-14)34-11-13-2-1-5-30(10-13)35(32,33)20-9-27-12-28-20/h3-4,6-9,12-13,29H,1-2,5,10-11H2,(H2,26,31)(H,27,28). The molecule has 9 nitrogen and oxygen atoms in total. The molecule has 0 aliphatic carbocycles. The summed E-state index contributed by atoms with van der Waals surface area (Å²) >= 11 is 1.95. The Balaban J connectivity index is 1.53. The topological polar surface area (TPSA) is 130 Å². The number of H-pyrrole nitrogens is 1. The molecule has 1 amide bonds. The van der Waals surface area contributed by atoms with Crippen LogP contribution in [0.1, 0.15) is 23.2 Å². The number of amides is 1. The number of nitrogens with zero attached hydrogens (tertiary/aromatic N) is 2. The number of aromatic nitrogens is 2. The smallest absolute Gasteiger partial charge is 0.260 e. The quantitative estimate of drug-likeness (QED) is 0.331. The molecule has 1 aliphatic rings. The van der Waals surface area contributed by atoms with Crippen LogP contribution in [0.25, 0.3) is 0 Å². The maximum absolute atomic E-state index is 14.4. The summed E-state index contributed by atoms with van der Waals surface area (Å²) in [6.07, 6.45) is 3.81. The van der Waals surface area contributed by atoms with E-state index in [2.05, 4.69) is 15.3 Å². The maximum Gasteiger partial charge on any atom is 0.260 e. The average Bonchev–Trinajstić information content (AvgIpc) is 3.35. The van der Waals surface area contributed by atoms with E-state index < -0.39 is 27.6 Å². The van der Waals surface area contributed by atoms with Gasteiger partial charge in [-0.05, 0) is 59.7 Å². The van der Waals surface area contributed by atoms with Crippen LogP contribution >= 0.6 is 22.6 Å². The Morgan fingerprint density at radius 1 is 1.29 bits per heavy atom. The van der Waals surface area contributed by atoms with Gasteiger partial charge in [-0.15, -0.1) is 0 Å². The zero-order valence-electron chi connectivity index (χ0n) is 18.3. The number of halogens is 3. The highest BCUT2D eigenvalue weighted by Gasteiger charge is 2.32. The number of sulfonamides is 1. The molecule has 13 heteroatoms. The molecule has 1 atom stereocenters. The second-order valence-electron chi connectivity index (χ2n) is 8.04. The number of hydrogen-bond acceptors (Lipinski definition) is 6. The number of imidazole rings is 1. The summed E-state index contributed by atoms with van der Waals surface area (Å²) in [7, 11) is -3.73. The lowest BCUT2D eigenvalue weighted by atomic mass is 10.0. The largest absolute Gasteiger partial charge is 0.492 e. The molecule has 0 saturated carbocycles. The first-order valence-electron chi connectivity index (χ1n) is 10.6. The van der Waals surface area contributed by atoms with Crippen molar-refractivity contribution in [3.05, 3.63) is 63.6 Å². The second-order valence-corrected chi connectivity index (χ2v) is 11.2. The molecule has 4 rings (SSSR count). The van der Waals surface area contributed by atoms with Gasteiger partial charge in [-0.1, -0.05) is 0 Å². The van der Waals surface area contributed by atoms with Gasteiger partial charge in [-0.3, -0.25) is 4.79 Å². The Morgan fingerprint density at radius 3 is 2.77 bits per heavy atom. The lowest BCUT2D eigenvalue weighted by Crippen LogP contribution is -2.41. The van der Waals surface area contributed by atoms with Gasteiger partial charge >= 0.3 is 0 Å². The van der Waals surface area contributed by atoms with Crippen molar-refractivity contribution in [3.8, 4) is 5.75 Å². The number of aromatic amines is 1. The van der Waals surface area contributed by atoms with Crippen LogP contribution in [0.4, 0.5) is 20.2 Å². The number of rotatable bonds is 8. The number of piperidine rings is 1. The van der Waals surface area contributed by atoms with Crippen LogP contribution in [0.5, 0.6) is 5.75 Å². The minimum atomic E-state index is -3.73. The van der Waals surface area contributed by atoms with Crippen molar-refractivity contribution in [1.29, 1.82) is 0 Å². The third kappa shape index (κ3) is 5.73. The number of benzene rings is 2. The normalized spacial score (nSPS) is 16.7. The molecule has 1 aliphatic heterocycles. The number of nitrogens with two attached hydrogens (primary N) is 1. The molecule has 0 radical (unpaired) electrons. The molecule has 1 saturated heterocycles. The van der Waals surface area contributed by atoms with Gasteiger partial charge in [0.25, 0.3) is 15.9 Å². The van der Waals surface area contributed by atoms with E-state index in [1.807, 2.05) is 22.6 Å². The van der Waals surface area contributed by atoms with E-state index in [0.717, 1.165) is 12.1 Å². The highest BCUT2D eigenvalue weighted by molar-refractivity contribution is 14.1. The summed E-state index contributed by atoms with van der Waals surface area (Å²) in [6.45, 7) is 0.553. The van der Waals surface area contributed by atoms with Crippen LogP contribution in [0, 0.1) is 21.1 Å². The van der Waals surface area contributed by atoms with Crippen LogP contribution in [0.15, 0.2) is 47.9 Å². The highest BCUT2D eigenvalue weighted by Crippen LogP contribution is 2.32. The molecule has 186 valence electrons. The van der Waals surface area contributed by atoms with Crippen LogP contribution in [0.2, 0.25) is 0 Å². The molecule has 3 aromatic rings. The predicted molar refractivity (Wildman–Crippen MR) is 133 cm³/mol. The Hall–Kier alpha value is -2.78. The number of nitrogens with one attached hydrogen (secondary N) is 2. The van der Waals surface area contributed by atoms with Crippen LogP contribution < -0.4 is 15.8 Å². The van der Waals surface area contributed by atoms with Crippen molar-refractivity contribution in [2.75, 3.05) is 25.0 Å². The van der Waals surface area contributed by atoms with Crippen molar-refractivity contribution in [2.45, 2.75) is 17.9 Å². The van der Waals surface area contributed by atoms with Crippen LogP contribution in [0.3, 0.4) is 0 Å². The summed E-state index contributed by atoms with van der Waals surface area (Å²) in [5, 5.41) is 2.71. The first kappa shape index (κ1) is 25.3. The van der Waals surface area contributed by atoms with Gasteiger partial charge in [-0.2, -0.15) is 4.31 Å². The van der Waals surface area contributed by atoms with E-state index in [9.17, 15) is 22.0 Å². The van der Waals surface area contributed by atoms with Crippen LogP contribution in [-0.2, 0) is 10.0 Å². The van der Waals surface area contributed by atoms with E-state index in [0.29, 0.717) is 23.0 Å². The van der Waals surface area contributed by atoms with E-state index >= 15 is 0 Å². The van der Waals surface area contributed by atoms with Crippen molar-refractivity contribution < 1.29 is 26.7 Å². The average molecular weight is 617 g/mol. The van der Waals surface area contributed by atoms with E-state index in [1.165, 1.54) is 29.0 Å². The molecule has 35 heavy (non-hydrogen) atoms. The molecular weight excluding hydrogens is 595 g/mol. The summed E-state index contributed by atoms with van der Waals surface area (Å²) in [5.41, 5.74) is 5.41. The fourth-order valence-electron chi connectivity index (χ4n) is 3.90. The Labute approximate surface area is 214 Å². The summed E-state index contributed by atoms with van der Waals surface area (Å²) in [5.74, 6) is -2.51. The number of anilines is 2. The molecule has 1 unspecified atom stereocenters. The van der Waals surface area contributed by atoms with Gasteiger partial charge in [0, 0.05) is 28.6 Å². The van der Waals surface area contributed by atoms with Crippen molar-refractivity contribution in [1.82, 2.24) is 14.3 Å². The van der Waals surface area contributed by atoms with Gasteiger partial charge in [0.05, 0.1) is 30.5 Å². The Kier molecular flexibility index (Phi) is 7.56. The number of carbonyl (C=O) groups is 1. The molecule has 0 spiro atoms. The monoisotopic (exact) mass is 617 g/mol. The van der Waals surface area contributed by atoms with E-state index in [-0.39, 0.29) is 46.8 Å². The van der Waals surface area contributed by atoms with Crippen molar-refractivity contribution in [2.24, 2.45) is 11.7 Å². The SMILES string of the molecule is NC(=O)c1c(Nc2ccc(I)cc2F)cc(F)cc1OCC1CCCN(S(=O)(=O)c2cnc[nH]2)C1. The minimum absolute atomic E-state index is 0.00115. The number of primary amides is 1. The van der Waals surface area contributed by atoms with E-state index in [1.54, 1.807) is 6.07 Å². The molecule has 2 aromatic carbocycles. The van der Waals surface area contributed by atoms with Crippen molar-refractivity contribution >= 4 is 49.9 Å². The lowest BCUT2D eigenvalue weighted by Gasteiger charge is -2.31. The van der Waals surface area contributed by atoms with Crippen LogP contribution in [-0.4, -0.2) is 48.3 Å². The third-order valence-electron chi connectivity index (χ3n) is 5.56. The Morgan fingerprint density at radius 2 is 2.09 bits per heavy atom. The Bertz CT molecular complexity index is 1340. The first-order valence-corrected chi connectivity index (χ1v) is 13.1. The number of hydrogen-bond donors (Lipinski definition) is 3. The second kappa shape index (κ2) is 10.5. The fourth-order valence-corrected chi connectivity index (χ4v) is 5.80. The summed E-state index contributed by atoms with van der Waals surface area (Å²) in [4.78, 5) is 18.6. The number of carbonyl (C=O) groups excluding carboxylic acids is 1. The molecule has 2 heterocycles. The van der Waals surface area contributed by atoms with Gasteiger partial charge in [0.15, 0.2) is 5.03 Å². The maximum atomic E-state index is 14.4. The molecule has 4 N–H and O–H groups in total.